The first kappa shape index (κ1) is 18.1. The van der Waals surface area contributed by atoms with Crippen molar-refractivity contribution in [3.8, 4) is 5.75 Å². The molecule has 1 aliphatic heterocycles. The van der Waals surface area contributed by atoms with Crippen molar-refractivity contribution < 1.29 is 19.4 Å². The number of ether oxygens (including phenoxy) is 1. The lowest BCUT2D eigenvalue weighted by Gasteiger charge is -2.18. The predicted octanol–water partition coefficient (Wildman–Crippen LogP) is 3.20. The van der Waals surface area contributed by atoms with E-state index in [-0.39, 0.29) is 11.7 Å². The van der Waals surface area contributed by atoms with Gasteiger partial charge in [-0.1, -0.05) is 42.5 Å². The van der Waals surface area contributed by atoms with Gasteiger partial charge in [-0.25, -0.2) is 0 Å². The topological polar surface area (TPSA) is 66.8 Å². The molecule has 1 aliphatic rings. The number of carbonyl (C=O) groups is 2. The van der Waals surface area contributed by atoms with Gasteiger partial charge in [-0.3, -0.25) is 14.5 Å². The zero-order valence-electron chi connectivity index (χ0n) is 15.0. The highest BCUT2D eigenvalue weighted by molar-refractivity contribution is 5.94. The number of nitrogens with zero attached hydrogens (tertiary/aromatic N) is 1. The molecule has 0 radical (unpaired) electrons. The molecule has 0 aliphatic carbocycles. The van der Waals surface area contributed by atoms with Crippen LogP contribution < -0.4 is 4.74 Å². The number of hydrogen-bond acceptors (Lipinski definition) is 4. The molecule has 1 fully saturated rings. The number of carbonyl (C=O) groups excluding carboxylic acids is 1. The molecule has 2 aromatic rings. The molecule has 2 atom stereocenters. The number of hydrogen-bond donors (Lipinski definition) is 1. The maximum Gasteiger partial charge on any atom is 0.308 e. The maximum atomic E-state index is 11.8. The Kier molecular flexibility index (Phi) is 5.38. The van der Waals surface area contributed by atoms with Gasteiger partial charge < -0.3 is 9.84 Å². The summed E-state index contributed by atoms with van der Waals surface area (Å²) < 4.78 is 5.43. The first-order chi connectivity index (χ1) is 12.5. The molecule has 0 spiro atoms. The van der Waals surface area contributed by atoms with Crippen molar-refractivity contribution in [2.45, 2.75) is 19.4 Å². The summed E-state index contributed by atoms with van der Waals surface area (Å²) in [6.45, 7) is 3.36. The normalized spacial score (nSPS) is 20.1. The minimum absolute atomic E-state index is 0.0416. The number of carboxylic acid groups (broad SMARTS) is 1. The highest BCUT2D eigenvalue weighted by Crippen LogP contribution is 2.38. The number of benzene rings is 2. The van der Waals surface area contributed by atoms with Crippen LogP contribution >= 0.6 is 0 Å². The zero-order valence-corrected chi connectivity index (χ0v) is 15.0. The third-order valence-electron chi connectivity index (χ3n) is 5.02. The van der Waals surface area contributed by atoms with E-state index < -0.39 is 11.9 Å². The molecule has 0 bridgehead atoms. The molecule has 0 amide bonds. The van der Waals surface area contributed by atoms with Crippen LogP contribution in [0.5, 0.6) is 5.75 Å². The van der Waals surface area contributed by atoms with Crippen LogP contribution in [0.2, 0.25) is 0 Å². The predicted molar refractivity (Wildman–Crippen MR) is 98.6 cm³/mol. The highest BCUT2D eigenvalue weighted by Gasteiger charge is 2.39. The molecule has 5 heteroatoms. The molecule has 0 unspecified atom stereocenters. The molecule has 1 heterocycles. The van der Waals surface area contributed by atoms with Crippen molar-refractivity contribution in [2.24, 2.45) is 5.92 Å². The van der Waals surface area contributed by atoms with Crippen LogP contribution in [0.3, 0.4) is 0 Å². The van der Waals surface area contributed by atoms with Gasteiger partial charge in [0.25, 0.3) is 0 Å². The molecule has 3 rings (SSSR count). The van der Waals surface area contributed by atoms with Gasteiger partial charge in [-0.2, -0.15) is 0 Å². The Morgan fingerprint density at radius 3 is 2.42 bits per heavy atom. The van der Waals surface area contributed by atoms with Crippen molar-refractivity contribution in [1.82, 2.24) is 4.90 Å². The lowest BCUT2D eigenvalue weighted by molar-refractivity contribution is -0.141. The van der Waals surface area contributed by atoms with Crippen LogP contribution in [-0.2, 0) is 11.3 Å². The number of Topliss-reactive ketones (excluding diaryl/α,β-unsaturated/α-hetero) is 1. The van der Waals surface area contributed by atoms with Crippen molar-refractivity contribution in [3.63, 3.8) is 0 Å². The van der Waals surface area contributed by atoms with Crippen LogP contribution in [0.25, 0.3) is 0 Å². The quantitative estimate of drug-likeness (QED) is 0.808. The van der Waals surface area contributed by atoms with Gasteiger partial charge >= 0.3 is 5.97 Å². The summed E-state index contributed by atoms with van der Waals surface area (Å²) in [5, 5.41) is 9.68. The fraction of sp³-hybridized carbons (Fsp3) is 0.333. The largest absolute Gasteiger partial charge is 0.496 e. The Balaban J connectivity index is 1.79. The van der Waals surface area contributed by atoms with E-state index in [0.717, 1.165) is 16.9 Å². The van der Waals surface area contributed by atoms with Gasteiger partial charge in [0, 0.05) is 31.1 Å². The SMILES string of the molecule is COc1ccccc1[C@@H]1CN(Cc2ccc(C(C)=O)cc2)C[C@H]1C(=O)O. The summed E-state index contributed by atoms with van der Waals surface area (Å²) in [6, 6.07) is 15.1. The summed E-state index contributed by atoms with van der Waals surface area (Å²) in [7, 11) is 1.61. The van der Waals surface area contributed by atoms with E-state index in [0.29, 0.717) is 25.2 Å². The van der Waals surface area contributed by atoms with E-state index in [1.54, 1.807) is 14.0 Å². The number of likely N-dealkylation sites (tertiary alicyclic amines) is 1. The van der Waals surface area contributed by atoms with Crippen molar-refractivity contribution in [3.05, 3.63) is 65.2 Å². The Morgan fingerprint density at radius 1 is 1.12 bits per heavy atom. The lowest BCUT2D eigenvalue weighted by atomic mass is 9.88. The van der Waals surface area contributed by atoms with E-state index in [4.69, 9.17) is 4.74 Å². The van der Waals surface area contributed by atoms with Crippen molar-refractivity contribution in [2.75, 3.05) is 20.2 Å². The zero-order chi connectivity index (χ0) is 18.7. The third-order valence-corrected chi connectivity index (χ3v) is 5.02. The van der Waals surface area contributed by atoms with E-state index in [2.05, 4.69) is 4.90 Å². The summed E-state index contributed by atoms with van der Waals surface area (Å²) in [4.78, 5) is 25.3. The van der Waals surface area contributed by atoms with Crippen LogP contribution in [-0.4, -0.2) is 42.0 Å². The van der Waals surface area contributed by atoms with E-state index in [1.165, 1.54) is 0 Å². The number of methoxy groups -OCH3 is 1. The average Bonchev–Trinajstić information content (AvgIpc) is 3.06. The van der Waals surface area contributed by atoms with Gasteiger partial charge in [0.2, 0.25) is 0 Å². The fourth-order valence-corrected chi connectivity index (χ4v) is 3.66. The standard InChI is InChI=1S/C21H23NO4/c1-14(23)16-9-7-15(8-10-16)11-22-12-18(19(13-22)21(24)25)17-5-3-4-6-20(17)26-2/h3-10,18-19H,11-13H2,1-2H3,(H,24,25)/t18-,19+/m0/s1. The van der Waals surface area contributed by atoms with Gasteiger partial charge in [0.15, 0.2) is 5.78 Å². The molecule has 0 aromatic heterocycles. The molecule has 0 saturated carbocycles. The fourth-order valence-electron chi connectivity index (χ4n) is 3.66. The Labute approximate surface area is 153 Å². The van der Waals surface area contributed by atoms with Crippen LogP contribution in [0.4, 0.5) is 0 Å². The number of aliphatic carboxylic acids is 1. The molecular weight excluding hydrogens is 330 g/mol. The maximum absolute atomic E-state index is 11.8. The average molecular weight is 353 g/mol. The van der Waals surface area contributed by atoms with Crippen LogP contribution in [0.1, 0.15) is 34.3 Å². The molecule has 136 valence electrons. The van der Waals surface area contributed by atoms with E-state index in [9.17, 15) is 14.7 Å². The molecular formula is C21H23NO4. The second-order valence-corrected chi connectivity index (χ2v) is 6.74. The highest BCUT2D eigenvalue weighted by atomic mass is 16.5. The van der Waals surface area contributed by atoms with Gasteiger partial charge in [0.1, 0.15) is 5.75 Å². The third kappa shape index (κ3) is 3.78. The summed E-state index contributed by atoms with van der Waals surface area (Å²) in [5.74, 6) is -0.588. The van der Waals surface area contributed by atoms with Crippen LogP contribution in [0, 0.1) is 5.92 Å². The minimum Gasteiger partial charge on any atom is -0.496 e. The number of rotatable bonds is 6. The van der Waals surface area contributed by atoms with Gasteiger partial charge in [-0.05, 0) is 24.1 Å². The Morgan fingerprint density at radius 2 is 1.81 bits per heavy atom. The second kappa shape index (κ2) is 7.70. The first-order valence-electron chi connectivity index (χ1n) is 8.67. The smallest absolute Gasteiger partial charge is 0.308 e. The number of carboxylic acids is 1. The number of ketones is 1. The Hall–Kier alpha value is -2.66. The molecule has 1 saturated heterocycles. The van der Waals surface area contributed by atoms with Crippen molar-refractivity contribution >= 4 is 11.8 Å². The molecule has 2 aromatic carbocycles. The molecule has 26 heavy (non-hydrogen) atoms. The van der Waals surface area contributed by atoms with E-state index in [1.807, 2.05) is 48.5 Å². The van der Waals surface area contributed by atoms with Crippen LogP contribution in [0.15, 0.2) is 48.5 Å². The molecule has 5 nitrogen and oxygen atoms in total. The molecule has 1 N–H and O–H groups in total. The summed E-state index contributed by atoms with van der Waals surface area (Å²) >= 11 is 0. The number of para-hydroxylation sites is 1. The summed E-state index contributed by atoms with van der Waals surface area (Å²) in [6.07, 6.45) is 0. The second-order valence-electron chi connectivity index (χ2n) is 6.74. The first-order valence-corrected chi connectivity index (χ1v) is 8.67. The summed E-state index contributed by atoms with van der Waals surface area (Å²) in [5.41, 5.74) is 2.70. The van der Waals surface area contributed by atoms with Gasteiger partial charge in [0.05, 0.1) is 13.0 Å². The monoisotopic (exact) mass is 353 g/mol. The minimum atomic E-state index is -0.782. The Bertz CT molecular complexity index is 800. The lowest BCUT2D eigenvalue weighted by Crippen LogP contribution is -2.23. The van der Waals surface area contributed by atoms with E-state index >= 15 is 0 Å². The van der Waals surface area contributed by atoms with Gasteiger partial charge in [-0.15, -0.1) is 0 Å². The van der Waals surface area contributed by atoms with Crippen molar-refractivity contribution in [1.29, 1.82) is 0 Å².